The zero-order valence-electron chi connectivity index (χ0n) is 17.3. The van der Waals surface area contributed by atoms with Gasteiger partial charge in [-0.25, -0.2) is 4.79 Å². The van der Waals surface area contributed by atoms with Gasteiger partial charge in [0.2, 0.25) is 0 Å². The van der Waals surface area contributed by atoms with Crippen LogP contribution in [0, 0.1) is 0 Å². The van der Waals surface area contributed by atoms with Gasteiger partial charge in [0.1, 0.15) is 5.75 Å². The lowest BCUT2D eigenvalue weighted by Gasteiger charge is -2.36. The van der Waals surface area contributed by atoms with Crippen molar-refractivity contribution >= 4 is 11.7 Å². The van der Waals surface area contributed by atoms with Crippen molar-refractivity contribution in [1.29, 1.82) is 0 Å². The second-order valence-corrected chi connectivity index (χ2v) is 7.27. The van der Waals surface area contributed by atoms with Gasteiger partial charge in [0.25, 0.3) is 0 Å². The van der Waals surface area contributed by atoms with E-state index in [2.05, 4.69) is 38.6 Å². The summed E-state index contributed by atoms with van der Waals surface area (Å²) in [6.07, 6.45) is 1.93. The Labute approximate surface area is 173 Å². The Morgan fingerprint density at radius 1 is 0.931 bits per heavy atom. The zero-order chi connectivity index (χ0) is 20.3. The molecule has 1 fully saturated rings. The number of hydrogen-bond acceptors (Lipinski definition) is 4. The summed E-state index contributed by atoms with van der Waals surface area (Å²) in [4.78, 5) is 16.7. The van der Waals surface area contributed by atoms with Crippen molar-refractivity contribution < 1.29 is 9.53 Å². The summed E-state index contributed by atoms with van der Waals surface area (Å²) in [6.45, 7) is 6.13. The molecule has 1 aliphatic rings. The second kappa shape index (κ2) is 11.3. The van der Waals surface area contributed by atoms with E-state index in [4.69, 9.17) is 4.74 Å². The maximum absolute atomic E-state index is 11.9. The van der Waals surface area contributed by atoms with Crippen LogP contribution in [0.25, 0.3) is 0 Å². The maximum atomic E-state index is 11.9. The first kappa shape index (κ1) is 21.0. The van der Waals surface area contributed by atoms with Gasteiger partial charge in [0.05, 0.1) is 12.8 Å². The molecule has 6 nitrogen and oxygen atoms in total. The summed E-state index contributed by atoms with van der Waals surface area (Å²) in [5, 5.41) is 5.91. The molecule has 2 aromatic carbocycles. The molecular weight excluding hydrogens is 364 g/mol. The molecule has 1 saturated heterocycles. The number of nitrogens with one attached hydrogen (secondary N) is 2. The predicted molar refractivity (Wildman–Crippen MR) is 118 cm³/mol. The normalized spacial score (nSPS) is 14.4. The highest BCUT2D eigenvalue weighted by atomic mass is 16.5. The Kier molecular flexibility index (Phi) is 8.19. The van der Waals surface area contributed by atoms with E-state index in [1.165, 1.54) is 5.56 Å². The van der Waals surface area contributed by atoms with Crippen LogP contribution < -0.4 is 20.3 Å². The van der Waals surface area contributed by atoms with Gasteiger partial charge in [-0.05, 0) is 30.5 Å². The average molecular weight is 397 g/mol. The Morgan fingerprint density at radius 2 is 1.62 bits per heavy atom. The molecule has 2 N–H and O–H groups in total. The highest BCUT2D eigenvalue weighted by Gasteiger charge is 2.19. The van der Waals surface area contributed by atoms with E-state index in [1.54, 1.807) is 7.11 Å². The number of para-hydroxylation sites is 2. The highest BCUT2D eigenvalue weighted by Crippen LogP contribution is 2.28. The summed E-state index contributed by atoms with van der Waals surface area (Å²) in [5.74, 6) is 0.923. The third-order valence-electron chi connectivity index (χ3n) is 5.28. The van der Waals surface area contributed by atoms with Crippen LogP contribution in [0.5, 0.6) is 5.75 Å². The van der Waals surface area contributed by atoms with Gasteiger partial charge in [-0.3, -0.25) is 4.90 Å². The minimum atomic E-state index is -0.0780. The first-order chi connectivity index (χ1) is 14.3. The largest absolute Gasteiger partial charge is 0.495 e. The van der Waals surface area contributed by atoms with Gasteiger partial charge >= 0.3 is 6.03 Å². The van der Waals surface area contributed by atoms with Crippen LogP contribution >= 0.6 is 0 Å². The van der Waals surface area contributed by atoms with E-state index >= 15 is 0 Å². The lowest BCUT2D eigenvalue weighted by molar-refractivity contribution is 0.232. The van der Waals surface area contributed by atoms with Crippen molar-refractivity contribution in [3.05, 3.63) is 60.2 Å². The van der Waals surface area contributed by atoms with Crippen LogP contribution in [0.4, 0.5) is 10.5 Å². The number of nitrogens with zero attached hydrogens (tertiary/aromatic N) is 2. The number of benzene rings is 2. The molecule has 0 aromatic heterocycles. The summed E-state index contributed by atoms with van der Waals surface area (Å²) >= 11 is 0. The Morgan fingerprint density at radius 3 is 2.38 bits per heavy atom. The number of carbonyl (C=O) groups is 1. The number of hydrogen-bond donors (Lipinski definition) is 2. The van der Waals surface area contributed by atoms with Gasteiger partial charge in [-0.2, -0.15) is 0 Å². The highest BCUT2D eigenvalue weighted by molar-refractivity contribution is 5.73. The molecule has 0 spiro atoms. The number of carbonyl (C=O) groups excluding carboxylic acids is 1. The smallest absolute Gasteiger partial charge is 0.314 e. The van der Waals surface area contributed by atoms with Crippen molar-refractivity contribution in [3.63, 3.8) is 0 Å². The fraction of sp³-hybridized carbons (Fsp3) is 0.435. The van der Waals surface area contributed by atoms with E-state index in [9.17, 15) is 4.79 Å². The molecule has 1 aliphatic heterocycles. The number of methoxy groups -OCH3 is 1. The maximum Gasteiger partial charge on any atom is 0.314 e. The minimum absolute atomic E-state index is 0.0780. The fourth-order valence-corrected chi connectivity index (χ4v) is 3.63. The summed E-state index contributed by atoms with van der Waals surface area (Å²) in [6, 6.07) is 18.4. The van der Waals surface area contributed by atoms with Crippen molar-refractivity contribution in [2.45, 2.75) is 12.8 Å². The molecule has 2 amide bonds. The van der Waals surface area contributed by atoms with Crippen LogP contribution in [0.1, 0.15) is 12.0 Å². The minimum Gasteiger partial charge on any atom is -0.495 e. The van der Waals surface area contributed by atoms with Gasteiger partial charge in [0, 0.05) is 45.8 Å². The lowest BCUT2D eigenvalue weighted by Crippen LogP contribution is -2.49. The number of aryl methyl sites for hydroxylation is 1. The molecule has 29 heavy (non-hydrogen) atoms. The monoisotopic (exact) mass is 396 g/mol. The van der Waals surface area contributed by atoms with Gasteiger partial charge in [0.15, 0.2) is 0 Å². The molecule has 0 saturated carbocycles. The summed E-state index contributed by atoms with van der Waals surface area (Å²) in [5.41, 5.74) is 2.46. The Balaban J connectivity index is 1.27. The van der Waals surface area contributed by atoms with E-state index in [-0.39, 0.29) is 6.03 Å². The van der Waals surface area contributed by atoms with Crippen molar-refractivity contribution in [2.24, 2.45) is 0 Å². The number of rotatable bonds is 9. The van der Waals surface area contributed by atoms with Crippen LogP contribution in [-0.2, 0) is 6.42 Å². The molecule has 0 unspecified atom stereocenters. The second-order valence-electron chi connectivity index (χ2n) is 7.27. The van der Waals surface area contributed by atoms with E-state index in [0.29, 0.717) is 13.1 Å². The van der Waals surface area contributed by atoms with E-state index in [0.717, 1.165) is 57.0 Å². The molecule has 0 radical (unpaired) electrons. The fourth-order valence-electron chi connectivity index (χ4n) is 3.63. The average Bonchev–Trinajstić information content (AvgIpc) is 2.78. The standard InChI is InChI=1S/C23H32N4O2/c1-29-22-12-6-5-11-21(22)27-18-16-26(17-19-27)15-14-25-23(28)24-13-7-10-20-8-3-2-4-9-20/h2-6,8-9,11-12H,7,10,13-19H2,1H3,(H2,24,25,28). The number of piperazine rings is 1. The quantitative estimate of drug-likeness (QED) is 0.640. The summed E-state index contributed by atoms with van der Waals surface area (Å²) in [7, 11) is 1.72. The Hall–Kier alpha value is -2.73. The van der Waals surface area contributed by atoms with Crippen LogP contribution in [-0.4, -0.2) is 63.9 Å². The predicted octanol–water partition coefficient (Wildman–Crippen LogP) is 2.75. The van der Waals surface area contributed by atoms with Crippen LogP contribution in [0.15, 0.2) is 54.6 Å². The molecule has 6 heteroatoms. The molecule has 2 aromatic rings. The molecule has 0 bridgehead atoms. The number of amides is 2. The number of anilines is 1. The SMILES string of the molecule is COc1ccccc1N1CCN(CCNC(=O)NCCCc2ccccc2)CC1. The van der Waals surface area contributed by atoms with Crippen molar-refractivity contribution in [1.82, 2.24) is 15.5 Å². The third kappa shape index (κ3) is 6.68. The number of urea groups is 1. The zero-order valence-corrected chi connectivity index (χ0v) is 17.3. The lowest BCUT2D eigenvalue weighted by atomic mass is 10.1. The molecule has 1 heterocycles. The molecule has 3 rings (SSSR count). The molecular formula is C23H32N4O2. The third-order valence-corrected chi connectivity index (χ3v) is 5.28. The first-order valence-electron chi connectivity index (χ1n) is 10.4. The van der Waals surface area contributed by atoms with Crippen LogP contribution in [0.3, 0.4) is 0 Å². The van der Waals surface area contributed by atoms with E-state index < -0.39 is 0 Å². The topological polar surface area (TPSA) is 56.8 Å². The first-order valence-corrected chi connectivity index (χ1v) is 10.4. The van der Waals surface area contributed by atoms with Crippen LogP contribution in [0.2, 0.25) is 0 Å². The molecule has 0 atom stereocenters. The Bertz CT molecular complexity index is 746. The van der Waals surface area contributed by atoms with E-state index in [1.807, 2.05) is 36.4 Å². The van der Waals surface area contributed by atoms with Crippen molar-refractivity contribution in [3.8, 4) is 5.75 Å². The summed E-state index contributed by atoms with van der Waals surface area (Å²) < 4.78 is 5.47. The number of ether oxygens (including phenoxy) is 1. The van der Waals surface area contributed by atoms with Gasteiger partial charge in [-0.15, -0.1) is 0 Å². The molecule has 0 aliphatic carbocycles. The van der Waals surface area contributed by atoms with Gasteiger partial charge < -0.3 is 20.3 Å². The van der Waals surface area contributed by atoms with Crippen molar-refractivity contribution in [2.75, 3.05) is 57.8 Å². The van der Waals surface area contributed by atoms with Gasteiger partial charge in [-0.1, -0.05) is 42.5 Å². The molecule has 156 valence electrons.